The molecule has 10 nitrogen and oxygen atoms in total. The molecular weight excluding hydrogens is 460 g/mol. The maximum Gasteiger partial charge on any atom is 0.255 e. The molecule has 4 fully saturated rings. The highest BCUT2D eigenvalue weighted by Gasteiger charge is 2.43. The summed E-state index contributed by atoms with van der Waals surface area (Å²) in [5.41, 5.74) is 3.72. The summed E-state index contributed by atoms with van der Waals surface area (Å²) < 4.78 is 11.5. The zero-order chi connectivity index (χ0) is 24.2. The third-order valence-electron chi connectivity index (χ3n) is 7.93. The van der Waals surface area contributed by atoms with Crippen LogP contribution in [0.1, 0.15) is 51.5 Å². The van der Waals surface area contributed by atoms with Gasteiger partial charge in [-0.25, -0.2) is 4.98 Å². The molecule has 2 aromatic heterocycles. The summed E-state index contributed by atoms with van der Waals surface area (Å²) in [5.74, 6) is 1.68. The van der Waals surface area contributed by atoms with Gasteiger partial charge in [-0.3, -0.25) is 9.59 Å². The Hall–Kier alpha value is -3.53. The second kappa shape index (κ2) is 8.55. The van der Waals surface area contributed by atoms with Crippen molar-refractivity contribution in [2.24, 2.45) is 11.8 Å². The first kappa shape index (κ1) is 21.7. The van der Waals surface area contributed by atoms with E-state index in [1.807, 2.05) is 21.9 Å². The Balaban J connectivity index is 1.02. The van der Waals surface area contributed by atoms with Crippen molar-refractivity contribution in [1.82, 2.24) is 30.2 Å². The summed E-state index contributed by atoms with van der Waals surface area (Å²) in [5, 5.41) is 10.7. The molecule has 3 saturated heterocycles. The van der Waals surface area contributed by atoms with Crippen LogP contribution < -0.4 is 4.74 Å². The fraction of sp³-hybridized carbons (Fsp3) is 0.500. The number of aromatic amines is 1. The molecule has 1 saturated carbocycles. The van der Waals surface area contributed by atoms with Gasteiger partial charge in [-0.15, -0.1) is 0 Å². The zero-order valence-corrected chi connectivity index (χ0v) is 19.9. The smallest absolute Gasteiger partial charge is 0.255 e. The van der Waals surface area contributed by atoms with Crippen molar-refractivity contribution in [1.29, 1.82) is 0 Å². The van der Waals surface area contributed by atoms with Crippen molar-refractivity contribution < 1.29 is 19.1 Å². The van der Waals surface area contributed by atoms with Gasteiger partial charge in [0.05, 0.1) is 18.8 Å². The number of aromatic nitrogens is 4. The average Bonchev–Trinajstić information content (AvgIpc) is 3.27. The van der Waals surface area contributed by atoms with E-state index in [4.69, 9.17) is 9.47 Å². The lowest BCUT2D eigenvalue weighted by Gasteiger charge is -2.22. The molecule has 1 aromatic carbocycles. The molecule has 186 valence electrons. The van der Waals surface area contributed by atoms with E-state index in [1.165, 1.54) is 0 Å². The monoisotopic (exact) mass is 488 g/mol. The minimum atomic E-state index is 0.00806. The van der Waals surface area contributed by atoms with Gasteiger partial charge in [-0.05, 0) is 43.0 Å². The van der Waals surface area contributed by atoms with Crippen LogP contribution in [-0.4, -0.2) is 87.5 Å². The van der Waals surface area contributed by atoms with Gasteiger partial charge in [0.15, 0.2) is 0 Å². The number of nitrogens with zero attached hydrogens (tertiary/aromatic N) is 5. The van der Waals surface area contributed by atoms with E-state index in [0.717, 1.165) is 36.9 Å². The number of carbonyl (C=O) groups excluding carboxylic acids is 2. The first-order valence-electron chi connectivity index (χ1n) is 12.8. The molecule has 0 bridgehead atoms. The van der Waals surface area contributed by atoms with E-state index in [9.17, 15) is 9.59 Å². The molecule has 3 aromatic rings. The summed E-state index contributed by atoms with van der Waals surface area (Å²) in [6, 6.07) is 7.38. The molecule has 5 heterocycles. The van der Waals surface area contributed by atoms with Gasteiger partial charge in [0, 0.05) is 61.8 Å². The maximum atomic E-state index is 13.4. The zero-order valence-electron chi connectivity index (χ0n) is 19.9. The van der Waals surface area contributed by atoms with Gasteiger partial charge in [-0.2, -0.15) is 15.4 Å². The Kier molecular flexibility index (Phi) is 5.16. The molecule has 36 heavy (non-hydrogen) atoms. The molecule has 3 aliphatic heterocycles. The van der Waals surface area contributed by atoms with E-state index in [1.54, 1.807) is 18.3 Å². The Bertz CT molecular complexity index is 1320. The number of carbonyl (C=O) groups is 2. The van der Waals surface area contributed by atoms with Gasteiger partial charge < -0.3 is 19.3 Å². The molecule has 0 spiro atoms. The van der Waals surface area contributed by atoms with E-state index in [0.29, 0.717) is 61.2 Å². The predicted octanol–water partition coefficient (Wildman–Crippen LogP) is 2.24. The fourth-order valence-corrected chi connectivity index (χ4v) is 5.80. The Morgan fingerprint density at radius 2 is 1.64 bits per heavy atom. The van der Waals surface area contributed by atoms with Gasteiger partial charge in [-0.1, -0.05) is 0 Å². The summed E-state index contributed by atoms with van der Waals surface area (Å²) >= 11 is 0. The first-order valence-corrected chi connectivity index (χ1v) is 12.8. The molecule has 0 radical (unpaired) electrons. The van der Waals surface area contributed by atoms with E-state index < -0.39 is 0 Å². The highest BCUT2D eigenvalue weighted by Crippen LogP contribution is 2.44. The predicted molar refractivity (Wildman–Crippen MR) is 129 cm³/mol. The van der Waals surface area contributed by atoms with Crippen molar-refractivity contribution in [3.63, 3.8) is 0 Å². The number of hydrogen-bond acceptors (Lipinski definition) is 7. The third-order valence-corrected chi connectivity index (χ3v) is 7.93. The number of H-pyrrole nitrogens is 1. The number of likely N-dealkylation sites (tertiary alicyclic amines) is 2. The van der Waals surface area contributed by atoms with Crippen LogP contribution in [0, 0.1) is 11.8 Å². The molecule has 4 aliphatic rings. The molecule has 7 rings (SSSR count). The second-order valence-corrected chi connectivity index (χ2v) is 10.5. The molecular formula is C26H28N6O4. The highest BCUT2D eigenvalue weighted by molar-refractivity contribution is 5.97. The number of amides is 2. The van der Waals surface area contributed by atoms with E-state index in [-0.39, 0.29) is 29.8 Å². The van der Waals surface area contributed by atoms with Crippen LogP contribution in [0.2, 0.25) is 0 Å². The average molecular weight is 489 g/mol. The number of nitrogens with one attached hydrogen (secondary N) is 1. The Morgan fingerprint density at radius 1 is 0.917 bits per heavy atom. The summed E-state index contributed by atoms with van der Waals surface area (Å²) in [7, 11) is 0. The minimum Gasteiger partial charge on any atom is -0.472 e. The van der Waals surface area contributed by atoms with Crippen molar-refractivity contribution in [3.05, 3.63) is 47.2 Å². The van der Waals surface area contributed by atoms with Crippen LogP contribution in [0.15, 0.2) is 30.5 Å². The third kappa shape index (κ3) is 3.89. The summed E-state index contributed by atoms with van der Waals surface area (Å²) in [4.78, 5) is 34.9. The molecule has 1 aliphatic carbocycles. The molecule has 10 heteroatoms. The van der Waals surface area contributed by atoms with Crippen LogP contribution >= 0.6 is 0 Å². The highest BCUT2D eigenvalue weighted by atomic mass is 16.5. The SMILES string of the molecule is O=C(c1cnc(OC2CCOC2)c(C2CC2)c1)N1C[C@H]2CN(C(=O)c3ccc4n[nH]nc4c3)C[C@@H]2C1. The lowest BCUT2D eigenvalue weighted by molar-refractivity contribution is 0.0738. The number of fused-ring (bicyclic) bond motifs is 2. The molecule has 2 amide bonds. The fourth-order valence-electron chi connectivity index (χ4n) is 5.80. The Labute approximate surface area is 207 Å². The summed E-state index contributed by atoms with van der Waals surface area (Å²) in [6.07, 6.45) is 4.79. The van der Waals surface area contributed by atoms with Crippen molar-refractivity contribution in [2.45, 2.75) is 31.3 Å². The van der Waals surface area contributed by atoms with Gasteiger partial charge in [0.25, 0.3) is 11.8 Å². The van der Waals surface area contributed by atoms with E-state index >= 15 is 0 Å². The molecule has 1 unspecified atom stereocenters. The van der Waals surface area contributed by atoms with Crippen LogP contribution in [0.5, 0.6) is 5.88 Å². The minimum absolute atomic E-state index is 0.00806. The quantitative estimate of drug-likeness (QED) is 0.586. The topological polar surface area (TPSA) is 114 Å². The largest absolute Gasteiger partial charge is 0.472 e. The van der Waals surface area contributed by atoms with Gasteiger partial charge in [0.1, 0.15) is 17.1 Å². The van der Waals surface area contributed by atoms with Crippen LogP contribution in [-0.2, 0) is 4.74 Å². The second-order valence-electron chi connectivity index (χ2n) is 10.5. The van der Waals surface area contributed by atoms with Crippen LogP contribution in [0.4, 0.5) is 0 Å². The maximum absolute atomic E-state index is 13.4. The van der Waals surface area contributed by atoms with Crippen molar-refractivity contribution in [2.75, 3.05) is 39.4 Å². The van der Waals surface area contributed by atoms with Crippen LogP contribution in [0.25, 0.3) is 11.0 Å². The van der Waals surface area contributed by atoms with Crippen LogP contribution in [0.3, 0.4) is 0 Å². The van der Waals surface area contributed by atoms with Crippen molar-refractivity contribution in [3.8, 4) is 5.88 Å². The lowest BCUT2D eigenvalue weighted by atomic mass is 10.0. The molecule has 3 atom stereocenters. The van der Waals surface area contributed by atoms with Gasteiger partial charge in [0.2, 0.25) is 5.88 Å². The Morgan fingerprint density at radius 3 is 2.33 bits per heavy atom. The number of pyridine rings is 1. The first-order chi connectivity index (χ1) is 17.6. The van der Waals surface area contributed by atoms with Crippen molar-refractivity contribution >= 4 is 22.8 Å². The number of hydrogen-bond donors (Lipinski definition) is 1. The number of ether oxygens (including phenoxy) is 2. The van der Waals surface area contributed by atoms with Gasteiger partial charge >= 0.3 is 0 Å². The number of benzene rings is 1. The normalized spacial score (nSPS) is 25.5. The number of rotatable bonds is 5. The standard InChI is InChI=1S/C26H28N6O4/c33-25(16-3-4-22-23(8-16)29-30-28-22)31-10-18-12-32(13-19(18)11-31)26(34)17-7-21(15-1-2-15)24(27-9-17)36-20-5-6-35-14-20/h3-4,7-9,15,18-20H,1-2,5-6,10-14H2,(H,28,29,30)/t18-,19-,20?/m1/s1. The van der Waals surface area contributed by atoms with E-state index in [2.05, 4.69) is 20.4 Å². The lowest BCUT2D eigenvalue weighted by Crippen LogP contribution is -2.35. The summed E-state index contributed by atoms with van der Waals surface area (Å²) in [6.45, 7) is 3.95. The molecule has 1 N–H and O–H groups in total.